The molecule has 0 spiro atoms. The molecule has 0 aromatic heterocycles. The molecule has 2 rings (SSSR count). The molecular weight excluding hydrogens is 208 g/mol. The molecule has 2 N–H and O–H groups in total. The summed E-state index contributed by atoms with van der Waals surface area (Å²) < 4.78 is 0. The van der Waals surface area contributed by atoms with E-state index in [1.165, 1.54) is 5.56 Å². The van der Waals surface area contributed by atoms with Gasteiger partial charge >= 0.3 is 0 Å². The number of hydrogen-bond donors (Lipinski definition) is 1. The van der Waals surface area contributed by atoms with Crippen LogP contribution in [0.1, 0.15) is 25.8 Å². The number of nitrogens with two attached hydrogens (primary N) is 1. The van der Waals surface area contributed by atoms with E-state index in [1.54, 1.807) is 0 Å². The van der Waals surface area contributed by atoms with Gasteiger partial charge in [0.25, 0.3) is 0 Å². The van der Waals surface area contributed by atoms with Crippen LogP contribution in [0.25, 0.3) is 0 Å². The van der Waals surface area contributed by atoms with E-state index in [0.717, 1.165) is 25.9 Å². The SMILES string of the molecule is CC(C)N1CC[C@@H](N)[C@H](Cc2ccccc2)C1. The molecular formula is C15H24N2. The Morgan fingerprint density at radius 1 is 1.29 bits per heavy atom. The van der Waals surface area contributed by atoms with E-state index >= 15 is 0 Å². The third-order valence-electron chi connectivity index (χ3n) is 3.90. The average molecular weight is 232 g/mol. The number of likely N-dealkylation sites (tertiary alicyclic amines) is 1. The fourth-order valence-electron chi connectivity index (χ4n) is 2.68. The molecule has 1 aliphatic rings. The van der Waals surface area contributed by atoms with Crippen molar-refractivity contribution in [3.63, 3.8) is 0 Å². The number of piperidine rings is 1. The average Bonchev–Trinajstić information content (AvgIpc) is 2.33. The fourth-order valence-corrected chi connectivity index (χ4v) is 2.68. The Morgan fingerprint density at radius 3 is 2.65 bits per heavy atom. The lowest BCUT2D eigenvalue weighted by molar-refractivity contribution is 0.123. The molecule has 0 unspecified atom stereocenters. The second-order valence-electron chi connectivity index (χ2n) is 5.49. The van der Waals surface area contributed by atoms with Crippen LogP contribution in [0.5, 0.6) is 0 Å². The highest BCUT2D eigenvalue weighted by atomic mass is 15.2. The normalized spacial score (nSPS) is 26.4. The molecule has 1 heterocycles. The van der Waals surface area contributed by atoms with Crippen LogP contribution in [-0.4, -0.2) is 30.1 Å². The molecule has 94 valence electrons. The minimum absolute atomic E-state index is 0.366. The summed E-state index contributed by atoms with van der Waals surface area (Å²) in [7, 11) is 0. The molecule has 0 bridgehead atoms. The molecule has 2 nitrogen and oxygen atoms in total. The molecule has 0 radical (unpaired) electrons. The first kappa shape index (κ1) is 12.6. The van der Waals surface area contributed by atoms with Gasteiger partial charge in [-0.25, -0.2) is 0 Å². The van der Waals surface area contributed by atoms with Crippen molar-refractivity contribution in [3.05, 3.63) is 35.9 Å². The molecule has 1 saturated heterocycles. The van der Waals surface area contributed by atoms with Gasteiger partial charge in [0, 0.05) is 18.6 Å². The zero-order valence-electron chi connectivity index (χ0n) is 11.0. The minimum Gasteiger partial charge on any atom is -0.327 e. The standard InChI is InChI=1S/C15H24N2/c1-12(2)17-9-8-15(16)14(11-17)10-13-6-4-3-5-7-13/h3-7,12,14-15H,8-11,16H2,1-2H3/t14-,15-/m1/s1. The van der Waals surface area contributed by atoms with E-state index < -0.39 is 0 Å². The summed E-state index contributed by atoms with van der Waals surface area (Å²) in [6.45, 7) is 6.85. The van der Waals surface area contributed by atoms with Crippen molar-refractivity contribution in [1.82, 2.24) is 4.90 Å². The molecule has 0 aliphatic carbocycles. The summed E-state index contributed by atoms with van der Waals surface area (Å²) in [4.78, 5) is 2.55. The van der Waals surface area contributed by atoms with Crippen LogP contribution in [0, 0.1) is 5.92 Å². The zero-order chi connectivity index (χ0) is 12.3. The second kappa shape index (κ2) is 5.65. The monoisotopic (exact) mass is 232 g/mol. The van der Waals surface area contributed by atoms with Crippen molar-refractivity contribution < 1.29 is 0 Å². The van der Waals surface area contributed by atoms with Crippen LogP contribution >= 0.6 is 0 Å². The molecule has 2 atom stereocenters. The first-order chi connectivity index (χ1) is 8.16. The van der Waals surface area contributed by atoms with Crippen molar-refractivity contribution in [2.75, 3.05) is 13.1 Å². The highest BCUT2D eigenvalue weighted by Crippen LogP contribution is 2.21. The lowest BCUT2D eigenvalue weighted by Gasteiger charge is -2.39. The van der Waals surface area contributed by atoms with Gasteiger partial charge < -0.3 is 10.6 Å². The Kier molecular flexibility index (Phi) is 4.19. The van der Waals surface area contributed by atoms with Gasteiger partial charge in [-0.2, -0.15) is 0 Å². The van der Waals surface area contributed by atoms with Gasteiger partial charge in [0.2, 0.25) is 0 Å². The first-order valence-corrected chi connectivity index (χ1v) is 6.70. The number of nitrogens with zero attached hydrogens (tertiary/aromatic N) is 1. The zero-order valence-corrected chi connectivity index (χ0v) is 11.0. The van der Waals surface area contributed by atoms with Crippen molar-refractivity contribution in [3.8, 4) is 0 Å². The van der Waals surface area contributed by atoms with Crippen LogP contribution < -0.4 is 5.73 Å². The number of rotatable bonds is 3. The van der Waals surface area contributed by atoms with Crippen LogP contribution in [-0.2, 0) is 6.42 Å². The van der Waals surface area contributed by atoms with Gasteiger partial charge in [-0.3, -0.25) is 0 Å². The van der Waals surface area contributed by atoms with Crippen LogP contribution in [0.4, 0.5) is 0 Å². The summed E-state index contributed by atoms with van der Waals surface area (Å²) in [5.74, 6) is 0.605. The van der Waals surface area contributed by atoms with E-state index in [2.05, 4.69) is 49.1 Å². The molecule has 0 saturated carbocycles. The minimum atomic E-state index is 0.366. The topological polar surface area (TPSA) is 29.3 Å². The van der Waals surface area contributed by atoms with Gasteiger partial charge in [-0.15, -0.1) is 0 Å². The predicted molar refractivity (Wildman–Crippen MR) is 72.9 cm³/mol. The van der Waals surface area contributed by atoms with Crippen LogP contribution in [0.15, 0.2) is 30.3 Å². The van der Waals surface area contributed by atoms with Crippen molar-refractivity contribution in [1.29, 1.82) is 0 Å². The number of hydrogen-bond acceptors (Lipinski definition) is 2. The molecule has 1 fully saturated rings. The Bertz CT molecular complexity index is 334. The van der Waals surface area contributed by atoms with E-state index in [-0.39, 0.29) is 0 Å². The van der Waals surface area contributed by atoms with E-state index in [1.807, 2.05) is 0 Å². The summed E-state index contributed by atoms with van der Waals surface area (Å²) in [5.41, 5.74) is 7.68. The van der Waals surface area contributed by atoms with Gasteiger partial charge in [0.05, 0.1) is 0 Å². The predicted octanol–water partition coefficient (Wildman–Crippen LogP) is 2.29. The maximum atomic E-state index is 6.26. The van der Waals surface area contributed by atoms with E-state index in [4.69, 9.17) is 5.73 Å². The van der Waals surface area contributed by atoms with Gasteiger partial charge in [-0.05, 0) is 44.7 Å². The van der Waals surface area contributed by atoms with Gasteiger partial charge in [-0.1, -0.05) is 30.3 Å². The molecule has 2 heteroatoms. The number of benzene rings is 1. The summed E-state index contributed by atoms with van der Waals surface area (Å²) in [5, 5.41) is 0. The Hall–Kier alpha value is -0.860. The lowest BCUT2D eigenvalue weighted by atomic mass is 9.87. The van der Waals surface area contributed by atoms with Gasteiger partial charge in [0.15, 0.2) is 0 Å². The molecule has 1 aromatic rings. The Labute approximate surface area is 105 Å². The largest absolute Gasteiger partial charge is 0.327 e. The molecule has 17 heavy (non-hydrogen) atoms. The Balaban J connectivity index is 1.99. The highest BCUT2D eigenvalue weighted by Gasteiger charge is 2.27. The second-order valence-corrected chi connectivity index (χ2v) is 5.49. The van der Waals surface area contributed by atoms with Gasteiger partial charge in [0.1, 0.15) is 0 Å². The van der Waals surface area contributed by atoms with Crippen molar-refractivity contribution >= 4 is 0 Å². The van der Waals surface area contributed by atoms with E-state index in [0.29, 0.717) is 18.0 Å². The molecule has 1 aromatic carbocycles. The maximum absolute atomic E-state index is 6.26. The van der Waals surface area contributed by atoms with Crippen molar-refractivity contribution in [2.24, 2.45) is 11.7 Å². The summed E-state index contributed by atoms with van der Waals surface area (Å²) in [6.07, 6.45) is 2.25. The maximum Gasteiger partial charge on any atom is 0.00947 e. The first-order valence-electron chi connectivity index (χ1n) is 6.70. The smallest absolute Gasteiger partial charge is 0.00947 e. The quantitative estimate of drug-likeness (QED) is 0.866. The third kappa shape index (κ3) is 3.30. The van der Waals surface area contributed by atoms with Crippen molar-refractivity contribution in [2.45, 2.75) is 38.8 Å². The summed E-state index contributed by atoms with van der Waals surface area (Å²) >= 11 is 0. The van der Waals surface area contributed by atoms with Crippen LogP contribution in [0.2, 0.25) is 0 Å². The Morgan fingerprint density at radius 2 is 2.00 bits per heavy atom. The lowest BCUT2D eigenvalue weighted by Crippen LogP contribution is -2.50. The molecule has 0 amide bonds. The highest BCUT2D eigenvalue weighted by molar-refractivity contribution is 5.16. The third-order valence-corrected chi connectivity index (χ3v) is 3.90. The van der Waals surface area contributed by atoms with E-state index in [9.17, 15) is 0 Å². The van der Waals surface area contributed by atoms with Crippen LogP contribution in [0.3, 0.4) is 0 Å². The molecule has 1 aliphatic heterocycles. The summed E-state index contributed by atoms with van der Waals surface area (Å²) in [6, 6.07) is 11.7. The fraction of sp³-hybridized carbons (Fsp3) is 0.600.